The van der Waals surface area contributed by atoms with Gasteiger partial charge in [0.25, 0.3) is 0 Å². The first kappa shape index (κ1) is 19.5. The smallest absolute Gasteiger partial charge is 0.314 e. The molecule has 1 atom stereocenters. The summed E-state index contributed by atoms with van der Waals surface area (Å²) in [4.78, 5) is 25.6. The number of carbonyl (C=O) groups excluding carboxylic acids is 2. The third kappa shape index (κ3) is 4.36. The van der Waals surface area contributed by atoms with E-state index in [0.29, 0.717) is 24.5 Å². The Kier molecular flexibility index (Phi) is 6.03. The molecule has 3 amide bonds. The number of urea groups is 1. The third-order valence-electron chi connectivity index (χ3n) is 4.97. The van der Waals surface area contributed by atoms with Crippen molar-refractivity contribution in [1.29, 1.82) is 0 Å². The van der Waals surface area contributed by atoms with E-state index in [2.05, 4.69) is 5.32 Å². The SMILES string of the molecule is COc1ccc(-c2cc(NC(=O)[C@H]3CCCN(C(N)=O)C3)ccc2OC)cc1. The van der Waals surface area contributed by atoms with Crippen LogP contribution in [0.5, 0.6) is 11.5 Å². The normalized spacial score (nSPS) is 16.4. The van der Waals surface area contributed by atoms with E-state index in [0.717, 1.165) is 29.7 Å². The second-order valence-electron chi connectivity index (χ2n) is 6.76. The van der Waals surface area contributed by atoms with Gasteiger partial charge >= 0.3 is 6.03 Å². The van der Waals surface area contributed by atoms with E-state index >= 15 is 0 Å². The lowest BCUT2D eigenvalue weighted by Gasteiger charge is -2.30. The second kappa shape index (κ2) is 8.65. The summed E-state index contributed by atoms with van der Waals surface area (Å²) in [6.07, 6.45) is 1.50. The lowest BCUT2D eigenvalue weighted by atomic mass is 9.97. The maximum absolute atomic E-state index is 12.7. The summed E-state index contributed by atoms with van der Waals surface area (Å²) in [6.45, 7) is 0.950. The van der Waals surface area contributed by atoms with E-state index in [-0.39, 0.29) is 11.8 Å². The molecule has 0 radical (unpaired) electrons. The van der Waals surface area contributed by atoms with Gasteiger partial charge in [0.1, 0.15) is 11.5 Å². The van der Waals surface area contributed by atoms with Gasteiger partial charge in [0.15, 0.2) is 0 Å². The molecule has 3 N–H and O–H groups in total. The average molecular weight is 383 g/mol. The highest BCUT2D eigenvalue weighted by molar-refractivity contribution is 5.94. The largest absolute Gasteiger partial charge is 0.497 e. The monoisotopic (exact) mass is 383 g/mol. The van der Waals surface area contributed by atoms with Gasteiger partial charge in [-0.2, -0.15) is 0 Å². The molecular weight excluding hydrogens is 358 g/mol. The highest BCUT2D eigenvalue weighted by atomic mass is 16.5. The van der Waals surface area contributed by atoms with E-state index in [1.807, 2.05) is 36.4 Å². The standard InChI is InChI=1S/C21H25N3O4/c1-27-17-8-5-14(6-9-17)18-12-16(7-10-19(18)28-2)23-20(25)15-4-3-11-24(13-15)21(22)26/h5-10,12,15H,3-4,11,13H2,1-2H3,(H2,22,26)(H,23,25)/t15-/m0/s1. The molecule has 0 spiro atoms. The highest BCUT2D eigenvalue weighted by Gasteiger charge is 2.27. The number of hydrogen-bond donors (Lipinski definition) is 2. The topological polar surface area (TPSA) is 93.9 Å². The summed E-state index contributed by atoms with van der Waals surface area (Å²) >= 11 is 0. The first-order valence-corrected chi connectivity index (χ1v) is 9.19. The summed E-state index contributed by atoms with van der Waals surface area (Å²) in [5.41, 5.74) is 7.84. The molecule has 0 unspecified atom stereocenters. The van der Waals surface area contributed by atoms with Gasteiger partial charge in [-0.25, -0.2) is 4.79 Å². The molecule has 1 fully saturated rings. The maximum atomic E-state index is 12.7. The van der Waals surface area contributed by atoms with Gasteiger partial charge in [0, 0.05) is 24.3 Å². The first-order valence-electron chi connectivity index (χ1n) is 9.19. The number of ether oxygens (including phenoxy) is 2. The van der Waals surface area contributed by atoms with Crippen LogP contribution in [0.25, 0.3) is 11.1 Å². The number of nitrogens with two attached hydrogens (primary N) is 1. The van der Waals surface area contributed by atoms with Gasteiger partial charge in [-0.05, 0) is 48.7 Å². The number of amides is 3. The Bertz CT molecular complexity index is 851. The number of nitrogens with one attached hydrogen (secondary N) is 1. The van der Waals surface area contributed by atoms with Crippen LogP contribution in [0.3, 0.4) is 0 Å². The Morgan fingerprint density at radius 1 is 1.11 bits per heavy atom. The molecule has 0 bridgehead atoms. The van der Waals surface area contributed by atoms with E-state index in [4.69, 9.17) is 15.2 Å². The zero-order valence-corrected chi connectivity index (χ0v) is 16.1. The number of carbonyl (C=O) groups is 2. The van der Waals surface area contributed by atoms with Gasteiger partial charge in [0.05, 0.1) is 20.1 Å². The maximum Gasteiger partial charge on any atom is 0.314 e. The molecule has 3 rings (SSSR count). The lowest BCUT2D eigenvalue weighted by Crippen LogP contribution is -2.46. The highest BCUT2D eigenvalue weighted by Crippen LogP contribution is 2.33. The second-order valence-corrected chi connectivity index (χ2v) is 6.76. The molecule has 0 aliphatic carbocycles. The minimum Gasteiger partial charge on any atom is -0.497 e. The molecule has 1 heterocycles. The van der Waals surface area contributed by atoms with Crippen LogP contribution in [0.4, 0.5) is 10.5 Å². The molecule has 1 aliphatic heterocycles. The molecule has 7 nitrogen and oxygen atoms in total. The molecule has 1 saturated heterocycles. The van der Waals surface area contributed by atoms with Gasteiger partial charge in [-0.15, -0.1) is 0 Å². The summed E-state index contributed by atoms with van der Waals surface area (Å²) in [5.74, 6) is 1.09. The average Bonchev–Trinajstić information content (AvgIpc) is 2.73. The van der Waals surface area contributed by atoms with Crippen molar-refractivity contribution in [3.8, 4) is 22.6 Å². The number of primary amides is 1. The van der Waals surface area contributed by atoms with Crippen molar-refractivity contribution >= 4 is 17.6 Å². The number of anilines is 1. The summed E-state index contributed by atoms with van der Waals surface area (Å²) < 4.78 is 10.7. The van der Waals surface area contributed by atoms with Crippen LogP contribution in [0.15, 0.2) is 42.5 Å². The number of benzene rings is 2. The molecule has 0 aromatic heterocycles. The van der Waals surface area contributed by atoms with Crippen LogP contribution in [0, 0.1) is 5.92 Å². The van der Waals surface area contributed by atoms with E-state index < -0.39 is 6.03 Å². The predicted octanol–water partition coefficient (Wildman–Crippen LogP) is 3.10. The predicted molar refractivity (Wildman–Crippen MR) is 107 cm³/mol. The van der Waals surface area contributed by atoms with Crippen LogP contribution in [0.1, 0.15) is 12.8 Å². The molecule has 0 saturated carbocycles. The number of likely N-dealkylation sites (tertiary alicyclic amines) is 1. The molecule has 148 valence electrons. The van der Waals surface area contributed by atoms with Crippen molar-refractivity contribution in [2.24, 2.45) is 11.7 Å². The summed E-state index contributed by atoms with van der Waals surface area (Å²) in [5, 5.41) is 2.96. The Balaban J connectivity index is 1.78. The van der Waals surface area contributed by atoms with Crippen molar-refractivity contribution in [2.45, 2.75) is 12.8 Å². The molecular formula is C21H25N3O4. The third-order valence-corrected chi connectivity index (χ3v) is 4.97. The minimum atomic E-state index is -0.483. The summed E-state index contributed by atoms with van der Waals surface area (Å²) in [6, 6.07) is 12.7. The molecule has 2 aromatic rings. The Labute approximate surface area is 164 Å². The van der Waals surface area contributed by atoms with Gasteiger partial charge in [-0.1, -0.05) is 12.1 Å². The van der Waals surface area contributed by atoms with Crippen molar-refractivity contribution in [3.05, 3.63) is 42.5 Å². The van der Waals surface area contributed by atoms with Crippen LogP contribution >= 0.6 is 0 Å². The van der Waals surface area contributed by atoms with Crippen molar-refractivity contribution in [3.63, 3.8) is 0 Å². The Morgan fingerprint density at radius 2 is 1.86 bits per heavy atom. The van der Waals surface area contributed by atoms with Crippen molar-refractivity contribution in [2.75, 3.05) is 32.6 Å². The molecule has 2 aromatic carbocycles. The van der Waals surface area contributed by atoms with Crippen molar-refractivity contribution < 1.29 is 19.1 Å². The summed E-state index contributed by atoms with van der Waals surface area (Å²) in [7, 11) is 3.23. The fourth-order valence-corrected chi connectivity index (χ4v) is 3.42. The van der Waals surface area contributed by atoms with E-state index in [1.165, 1.54) is 4.90 Å². The van der Waals surface area contributed by atoms with E-state index in [1.54, 1.807) is 20.3 Å². The number of nitrogens with zero attached hydrogens (tertiary/aromatic N) is 1. The number of piperidine rings is 1. The first-order chi connectivity index (χ1) is 13.5. The van der Waals surface area contributed by atoms with Crippen molar-refractivity contribution in [1.82, 2.24) is 4.90 Å². The van der Waals surface area contributed by atoms with Crippen LogP contribution in [0.2, 0.25) is 0 Å². The van der Waals surface area contributed by atoms with Crippen LogP contribution in [-0.4, -0.2) is 44.1 Å². The zero-order valence-electron chi connectivity index (χ0n) is 16.1. The van der Waals surface area contributed by atoms with Gasteiger partial charge in [-0.3, -0.25) is 4.79 Å². The van der Waals surface area contributed by atoms with Gasteiger partial charge < -0.3 is 25.4 Å². The van der Waals surface area contributed by atoms with Crippen LogP contribution < -0.4 is 20.5 Å². The molecule has 7 heteroatoms. The fourth-order valence-electron chi connectivity index (χ4n) is 3.42. The minimum absolute atomic E-state index is 0.114. The quantitative estimate of drug-likeness (QED) is 0.830. The Hall–Kier alpha value is -3.22. The van der Waals surface area contributed by atoms with Crippen LogP contribution in [-0.2, 0) is 4.79 Å². The number of hydrogen-bond acceptors (Lipinski definition) is 4. The Morgan fingerprint density at radius 3 is 2.50 bits per heavy atom. The van der Waals surface area contributed by atoms with Gasteiger partial charge in [0.2, 0.25) is 5.91 Å². The lowest BCUT2D eigenvalue weighted by molar-refractivity contribution is -0.121. The molecule has 28 heavy (non-hydrogen) atoms. The molecule has 1 aliphatic rings. The van der Waals surface area contributed by atoms with E-state index in [9.17, 15) is 9.59 Å². The zero-order chi connectivity index (χ0) is 20.1. The number of methoxy groups -OCH3 is 2. The number of rotatable bonds is 5. The fraction of sp³-hybridized carbons (Fsp3) is 0.333.